The van der Waals surface area contributed by atoms with E-state index in [4.69, 9.17) is 0 Å². The van der Waals surface area contributed by atoms with Gasteiger partial charge in [0.2, 0.25) is 5.91 Å². The number of hydrogen-bond donors (Lipinski definition) is 1. The van der Waals surface area contributed by atoms with Crippen LogP contribution in [0.5, 0.6) is 0 Å². The van der Waals surface area contributed by atoms with Gasteiger partial charge in [-0.3, -0.25) is 4.79 Å². The zero-order valence-corrected chi connectivity index (χ0v) is 15.0. The zero-order valence-electron chi connectivity index (χ0n) is 15.0. The van der Waals surface area contributed by atoms with E-state index in [0.717, 1.165) is 25.8 Å². The number of hydrogen-bond acceptors (Lipinski definition) is 1. The number of carbonyl (C=O) groups excluding carboxylic acids is 1. The fourth-order valence-corrected chi connectivity index (χ4v) is 3.51. The molecule has 2 nitrogen and oxygen atoms in total. The highest BCUT2D eigenvalue weighted by Crippen LogP contribution is 2.21. The van der Waals surface area contributed by atoms with Crippen molar-refractivity contribution in [3.8, 4) is 0 Å². The van der Waals surface area contributed by atoms with E-state index in [2.05, 4.69) is 12.2 Å². The summed E-state index contributed by atoms with van der Waals surface area (Å²) < 4.78 is 0. The van der Waals surface area contributed by atoms with Crippen LogP contribution < -0.4 is 5.32 Å². The minimum Gasteiger partial charge on any atom is -0.356 e. The number of unbranched alkanes of at least 4 members (excludes halogenated alkanes) is 4. The Hall–Kier alpha value is -0.530. The molecule has 0 bridgehead atoms. The normalized spacial score (nSPS) is 19.1. The van der Waals surface area contributed by atoms with Crippen molar-refractivity contribution in [1.29, 1.82) is 0 Å². The van der Waals surface area contributed by atoms with Gasteiger partial charge >= 0.3 is 0 Å². The van der Waals surface area contributed by atoms with E-state index < -0.39 is 0 Å². The molecule has 22 heavy (non-hydrogen) atoms. The molecule has 1 aliphatic rings. The van der Waals surface area contributed by atoms with Gasteiger partial charge in [0, 0.05) is 12.5 Å². The number of amides is 1. The summed E-state index contributed by atoms with van der Waals surface area (Å²) in [5.74, 6) is 0.627. The third-order valence-electron chi connectivity index (χ3n) is 5.06. The lowest BCUT2D eigenvalue weighted by Gasteiger charge is -2.17. The van der Waals surface area contributed by atoms with Gasteiger partial charge in [-0.2, -0.15) is 0 Å². The second-order valence-electron chi connectivity index (χ2n) is 7.16. The first kappa shape index (κ1) is 19.5. The average molecular weight is 310 g/mol. The molecule has 130 valence electrons. The van der Waals surface area contributed by atoms with E-state index in [9.17, 15) is 4.79 Å². The van der Waals surface area contributed by atoms with Crippen LogP contribution in [0.2, 0.25) is 0 Å². The molecular weight excluding hydrogens is 270 g/mol. The van der Waals surface area contributed by atoms with Gasteiger partial charge in [-0.25, -0.2) is 0 Å². The Bertz CT molecular complexity index is 252. The van der Waals surface area contributed by atoms with E-state index in [1.165, 1.54) is 83.5 Å². The second-order valence-corrected chi connectivity index (χ2v) is 7.16. The molecular formula is C20H39NO. The zero-order chi connectivity index (χ0) is 15.9. The Morgan fingerprint density at radius 2 is 1.27 bits per heavy atom. The molecule has 0 aliphatic heterocycles. The Kier molecular flexibility index (Phi) is 12.5. The van der Waals surface area contributed by atoms with E-state index in [-0.39, 0.29) is 5.92 Å². The summed E-state index contributed by atoms with van der Waals surface area (Å²) >= 11 is 0. The first-order valence-electron chi connectivity index (χ1n) is 10.1. The quantitative estimate of drug-likeness (QED) is 0.575. The lowest BCUT2D eigenvalue weighted by atomic mass is 9.92. The molecule has 0 radical (unpaired) electrons. The van der Waals surface area contributed by atoms with Gasteiger partial charge in [-0.1, -0.05) is 90.4 Å². The molecule has 0 unspecified atom stereocenters. The first-order chi connectivity index (χ1) is 10.8. The monoisotopic (exact) mass is 309 g/mol. The largest absolute Gasteiger partial charge is 0.356 e. The molecule has 0 saturated heterocycles. The Labute approximate surface area is 138 Å². The van der Waals surface area contributed by atoms with E-state index in [1.54, 1.807) is 0 Å². The van der Waals surface area contributed by atoms with Crippen molar-refractivity contribution in [2.24, 2.45) is 5.92 Å². The topological polar surface area (TPSA) is 29.1 Å². The van der Waals surface area contributed by atoms with Crippen LogP contribution in [0.3, 0.4) is 0 Å². The predicted molar refractivity (Wildman–Crippen MR) is 96.0 cm³/mol. The van der Waals surface area contributed by atoms with Crippen molar-refractivity contribution in [3.63, 3.8) is 0 Å². The first-order valence-corrected chi connectivity index (χ1v) is 10.1. The van der Waals surface area contributed by atoms with Crippen LogP contribution in [-0.4, -0.2) is 12.5 Å². The van der Waals surface area contributed by atoms with Crippen molar-refractivity contribution in [3.05, 3.63) is 0 Å². The van der Waals surface area contributed by atoms with Crippen LogP contribution in [0.25, 0.3) is 0 Å². The summed E-state index contributed by atoms with van der Waals surface area (Å²) in [5, 5.41) is 3.20. The molecule has 1 rings (SSSR count). The minimum absolute atomic E-state index is 0.287. The van der Waals surface area contributed by atoms with Gasteiger partial charge in [-0.05, 0) is 19.3 Å². The van der Waals surface area contributed by atoms with Crippen LogP contribution in [0, 0.1) is 5.92 Å². The van der Waals surface area contributed by atoms with E-state index >= 15 is 0 Å². The number of nitrogens with one attached hydrogen (secondary N) is 1. The molecule has 2 heteroatoms. The molecule has 0 heterocycles. The SMILES string of the molecule is CCCCCCCNC(=O)C1CCCCCCCCCCC1. The minimum atomic E-state index is 0.287. The molecule has 0 atom stereocenters. The lowest BCUT2D eigenvalue weighted by Crippen LogP contribution is -2.31. The summed E-state index contributed by atoms with van der Waals surface area (Å²) in [5.41, 5.74) is 0. The number of rotatable bonds is 7. The lowest BCUT2D eigenvalue weighted by molar-refractivity contribution is -0.125. The smallest absolute Gasteiger partial charge is 0.223 e. The van der Waals surface area contributed by atoms with Gasteiger partial charge in [0.25, 0.3) is 0 Å². The second kappa shape index (κ2) is 14.1. The molecule has 1 aliphatic carbocycles. The fraction of sp³-hybridized carbons (Fsp3) is 0.950. The molecule has 0 aromatic heterocycles. The fourth-order valence-electron chi connectivity index (χ4n) is 3.51. The predicted octanol–water partition coefficient (Wildman–Crippen LogP) is 5.99. The Balaban J connectivity index is 2.20. The standard InChI is InChI=1S/C20H39NO/c1-2-3-4-12-15-18-21-20(22)19-16-13-10-8-6-5-7-9-11-14-17-19/h19H,2-18H2,1H3,(H,21,22). The maximum atomic E-state index is 12.4. The maximum Gasteiger partial charge on any atom is 0.223 e. The number of carbonyl (C=O) groups is 1. The van der Waals surface area contributed by atoms with Crippen LogP contribution in [0.1, 0.15) is 110 Å². The van der Waals surface area contributed by atoms with Crippen molar-refractivity contribution >= 4 is 5.91 Å². The summed E-state index contributed by atoms with van der Waals surface area (Å²) in [7, 11) is 0. The van der Waals surface area contributed by atoms with Gasteiger partial charge in [-0.15, -0.1) is 0 Å². The van der Waals surface area contributed by atoms with Crippen LogP contribution in [0.15, 0.2) is 0 Å². The highest BCUT2D eigenvalue weighted by atomic mass is 16.1. The highest BCUT2D eigenvalue weighted by molar-refractivity contribution is 5.78. The Morgan fingerprint density at radius 1 is 0.773 bits per heavy atom. The van der Waals surface area contributed by atoms with E-state index in [1.807, 2.05) is 0 Å². The average Bonchev–Trinajstić information content (AvgIpc) is 2.51. The van der Waals surface area contributed by atoms with Crippen LogP contribution in [-0.2, 0) is 4.79 Å². The summed E-state index contributed by atoms with van der Waals surface area (Å²) in [6.45, 7) is 3.13. The van der Waals surface area contributed by atoms with Gasteiger partial charge < -0.3 is 5.32 Å². The van der Waals surface area contributed by atoms with Gasteiger partial charge in [0.05, 0.1) is 0 Å². The molecule has 1 fully saturated rings. The third kappa shape index (κ3) is 10.2. The summed E-state index contributed by atoms with van der Waals surface area (Å²) in [6, 6.07) is 0. The van der Waals surface area contributed by atoms with Crippen molar-refractivity contribution in [1.82, 2.24) is 5.32 Å². The molecule has 1 amide bonds. The van der Waals surface area contributed by atoms with E-state index in [0.29, 0.717) is 5.91 Å². The van der Waals surface area contributed by atoms with Crippen molar-refractivity contribution in [2.75, 3.05) is 6.54 Å². The van der Waals surface area contributed by atoms with Crippen molar-refractivity contribution < 1.29 is 4.79 Å². The summed E-state index contributed by atoms with van der Waals surface area (Å²) in [6.07, 6.45) is 20.6. The molecule has 0 spiro atoms. The Morgan fingerprint density at radius 3 is 1.82 bits per heavy atom. The highest BCUT2D eigenvalue weighted by Gasteiger charge is 2.17. The molecule has 1 saturated carbocycles. The van der Waals surface area contributed by atoms with Gasteiger partial charge in [0.1, 0.15) is 0 Å². The molecule has 0 aromatic carbocycles. The summed E-state index contributed by atoms with van der Waals surface area (Å²) in [4.78, 5) is 12.4. The third-order valence-corrected chi connectivity index (χ3v) is 5.06. The van der Waals surface area contributed by atoms with Crippen molar-refractivity contribution in [2.45, 2.75) is 110 Å². The molecule has 1 N–H and O–H groups in total. The maximum absolute atomic E-state index is 12.4. The molecule has 0 aromatic rings. The van der Waals surface area contributed by atoms with Crippen LogP contribution >= 0.6 is 0 Å². The van der Waals surface area contributed by atoms with Crippen LogP contribution in [0.4, 0.5) is 0 Å². The van der Waals surface area contributed by atoms with Gasteiger partial charge in [0.15, 0.2) is 0 Å².